The van der Waals surface area contributed by atoms with Crippen molar-refractivity contribution in [2.24, 2.45) is 5.73 Å². The predicted octanol–water partition coefficient (Wildman–Crippen LogP) is 1.31. The van der Waals surface area contributed by atoms with Gasteiger partial charge in [0.15, 0.2) is 0 Å². The highest BCUT2D eigenvalue weighted by molar-refractivity contribution is 5.81. The molecule has 0 saturated carbocycles. The molecule has 0 aliphatic heterocycles. The van der Waals surface area contributed by atoms with Crippen LogP contribution in [0.3, 0.4) is 0 Å². The second-order valence-corrected chi connectivity index (χ2v) is 4.69. The van der Waals surface area contributed by atoms with Crippen LogP contribution in [-0.2, 0) is 17.6 Å². The van der Waals surface area contributed by atoms with Crippen LogP contribution < -0.4 is 11.1 Å². The highest BCUT2D eigenvalue weighted by atomic mass is 16.2. The molecule has 0 saturated heterocycles. The maximum Gasteiger partial charge on any atom is 0.237 e. The molecule has 4 nitrogen and oxygen atoms in total. The van der Waals surface area contributed by atoms with Crippen LogP contribution in [0.4, 0.5) is 0 Å². The Bertz CT molecular complexity index is 528. The third kappa shape index (κ3) is 4.48. The molecule has 1 heterocycles. The predicted molar refractivity (Wildman–Crippen MR) is 79.1 cm³/mol. The number of carbonyl (C=O) groups excluding carboxylic acids is 1. The van der Waals surface area contributed by atoms with E-state index >= 15 is 0 Å². The van der Waals surface area contributed by atoms with Crippen molar-refractivity contribution in [1.29, 1.82) is 0 Å². The molecule has 3 N–H and O–H groups in total. The first-order valence-electron chi connectivity index (χ1n) is 6.72. The summed E-state index contributed by atoms with van der Waals surface area (Å²) in [4.78, 5) is 15.8. The minimum Gasteiger partial charge on any atom is -0.354 e. The number of aromatic nitrogens is 1. The van der Waals surface area contributed by atoms with E-state index in [1.165, 1.54) is 0 Å². The van der Waals surface area contributed by atoms with Crippen LogP contribution in [0.1, 0.15) is 11.1 Å². The molecule has 1 amide bonds. The number of hydrogen-bond acceptors (Lipinski definition) is 3. The average molecular weight is 269 g/mol. The van der Waals surface area contributed by atoms with Gasteiger partial charge in [-0.05, 0) is 36.1 Å². The molecular weight excluding hydrogens is 250 g/mol. The van der Waals surface area contributed by atoms with Crippen molar-refractivity contribution < 1.29 is 4.79 Å². The second-order valence-electron chi connectivity index (χ2n) is 4.69. The minimum absolute atomic E-state index is 0.108. The van der Waals surface area contributed by atoms with Gasteiger partial charge in [0.05, 0.1) is 6.04 Å². The van der Waals surface area contributed by atoms with Crippen molar-refractivity contribution in [3.63, 3.8) is 0 Å². The van der Waals surface area contributed by atoms with Crippen LogP contribution in [0, 0.1) is 0 Å². The Hall–Kier alpha value is -2.20. The summed E-state index contributed by atoms with van der Waals surface area (Å²) in [7, 11) is 0. The van der Waals surface area contributed by atoms with E-state index in [0.29, 0.717) is 13.0 Å². The topological polar surface area (TPSA) is 68.0 Å². The van der Waals surface area contributed by atoms with Gasteiger partial charge in [0.1, 0.15) is 0 Å². The lowest BCUT2D eigenvalue weighted by Crippen LogP contribution is -2.42. The number of rotatable bonds is 6. The van der Waals surface area contributed by atoms with E-state index in [0.717, 1.165) is 17.5 Å². The summed E-state index contributed by atoms with van der Waals surface area (Å²) < 4.78 is 0. The van der Waals surface area contributed by atoms with Crippen LogP contribution in [0.5, 0.6) is 0 Å². The number of amides is 1. The second kappa shape index (κ2) is 7.40. The zero-order valence-corrected chi connectivity index (χ0v) is 11.3. The Labute approximate surface area is 119 Å². The van der Waals surface area contributed by atoms with Gasteiger partial charge in [-0.15, -0.1) is 0 Å². The molecule has 2 rings (SSSR count). The van der Waals surface area contributed by atoms with Gasteiger partial charge in [-0.25, -0.2) is 0 Å². The van der Waals surface area contributed by atoms with Gasteiger partial charge in [0.2, 0.25) is 5.91 Å². The van der Waals surface area contributed by atoms with Crippen molar-refractivity contribution in [1.82, 2.24) is 10.3 Å². The quantitative estimate of drug-likeness (QED) is 0.831. The number of hydrogen-bond donors (Lipinski definition) is 2. The number of nitrogens with two attached hydrogens (primary N) is 1. The normalized spacial score (nSPS) is 11.8. The molecule has 0 radical (unpaired) electrons. The van der Waals surface area contributed by atoms with Crippen LogP contribution in [0.2, 0.25) is 0 Å². The summed E-state index contributed by atoms with van der Waals surface area (Å²) in [5.41, 5.74) is 8.13. The first kappa shape index (κ1) is 14.2. The molecule has 1 aromatic carbocycles. The fourth-order valence-corrected chi connectivity index (χ4v) is 1.97. The number of nitrogens with one attached hydrogen (secondary N) is 1. The van der Waals surface area contributed by atoms with Gasteiger partial charge >= 0.3 is 0 Å². The van der Waals surface area contributed by atoms with E-state index in [4.69, 9.17) is 5.73 Å². The molecule has 104 valence electrons. The zero-order valence-electron chi connectivity index (χ0n) is 11.3. The van der Waals surface area contributed by atoms with E-state index in [1.807, 2.05) is 42.5 Å². The fourth-order valence-electron chi connectivity index (χ4n) is 1.97. The van der Waals surface area contributed by atoms with E-state index in [2.05, 4.69) is 10.3 Å². The molecule has 1 atom stereocenters. The largest absolute Gasteiger partial charge is 0.354 e. The first-order valence-corrected chi connectivity index (χ1v) is 6.72. The Morgan fingerprint density at radius 1 is 1.10 bits per heavy atom. The Morgan fingerprint density at radius 2 is 1.80 bits per heavy atom. The van der Waals surface area contributed by atoms with Gasteiger partial charge in [0, 0.05) is 18.9 Å². The summed E-state index contributed by atoms with van der Waals surface area (Å²) in [6.07, 6.45) is 4.84. The van der Waals surface area contributed by atoms with Gasteiger partial charge in [-0.2, -0.15) is 0 Å². The van der Waals surface area contributed by atoms with Crippen molar-refractivity contribution in [3.05, 3.63) is 66.0 Å². The molecule has 0 fully saturated rings. The lowest BCUT2D eigenvalue weighted by Gasteiger charge is -2.12. The lowest BCUT2D eigenvalue weighted by atomic mass is 10.1. The molecule has 2 aromatic rings. The maximum atomic E-state index is 11.9. The molecule has 1 unspecified atom stereocenters. The molecule has 0 aliphatic rings. The molecular formula is C16H19N3O. The van der Waals surface area contributed by atoms with Crippen LogP contribution >= 0.6 is 0 Å². The molecule has 1 aromatic heterocycles. The maximum absolute atomic E-state index is 11.9. The van der Waals surface area contributed by atoms with Crippen LogP contribution in [0.15, 0.2) is 54.9 Å². The van der Waals surface area contributed by atoms with Crippen molar-refractivity contribution in [2.45, 2.75) is 18.9 Å². The highest BCUT2D eigenvalue weighted by Gasteiger charge is 2.13. The third-order valence-corrected chi connectivity index (χ3v) is 3.10. The van der Waals surface area contributed by atoms with Crippen LogP contribution in [0.25, 0.3) is 0 Å². The fraction of sp³-hybridized carbons (Fsp3) is 0.250. The lowest BCUT2D eigenvalue weighted by molar-refractivity contribution is -0.122. The zero-order chi connectivity index (χ0) is 14.2. The molecule has 0 bridgehead atoms. The van der Waals surface area contributed by atoms with Gasteiger partial charge in [-0.3, -0.25) is 9.78 Å². The first-order chi connectivity index (χ1) is 9.75. The van der Waals surface area contributed by atoms with Crippen molar-refractivity contribution in [2.75, 3.05) is 6.54 Å². The van der Waals surface area contributed by atoms with E-state index in [-0.39, 0.29) is 5.91 Å². The van der Waals surface area contributed by atoms with E-state index < -0.39 is 6.04 Å². The standard InChI is InChI=1S/C16H19N3O/c17-15(12-14-4-2-1-3-5-14)16(20)19-11-8-13-6-9-18-10-7-13/h1-7,9-10,15H,8,11-12,17H2,(H,19,20). The summed E-state index contributed by atoms with van der Waals surface area (Å²) in [6.45, 7) is 0.589. The monoisotopic (exact) mass is 269 g/mol. The highest BCUT2D eigenvalue weighted by Crippen LogP contribution is 2.02. The van der Waals surface area contributed by atoms with Gasteiger partial charge in [0.25, 0.3) is 0 Å². The minimum atomic E-state index is -0.505. The number of pyridine rings is 1. The van der Waals surface area contributed by atoms with Gasteiger partial charge in [-0.1, -0.05) is 30.3 Å². The summed E-state index contributed by atoms with van der Waals surface area (Å²) in [5.74, 6) is -0.108. The smallest absolute Gasteiger partial charge is 0.237 e. The Balaban J connectivity index is 1.74. The van der Waals surface area contributed by atoms with Gasteiger partial charge < -0.3 is 11.1 Å². The number of carbonyl (C=O) groups is 1. The third-order valence-electron chi connectivity index (χ3n) is 3.10. The van der Waals surface area contributed by atoms with E-state index in [1.54, 1.807) is 12.4 Å². The summed E-state index contributed by atoms with van der Waals surface area (Å²) in [5, 5.41) is 2.87. The van der Waals surface area contributed by atoms with Crippen LogP contribution in [-0.4, -0.2) is 23.5 Å². The summed E-state index contributed by atoms with van der Waals surface area (Å²) in [6, 6.07) is 13.2. The SMILES string of the molecule is NC(Cc1ccccc1)C(=O)NCCc1ccncc1. The molecule has 20 heavy (non-hydrogen) atoms. The molecule has 4 heteroatoms. The number of benzene rings is 1. The summed E-state index contributed by atoms with van der Waals surface area (Å²) >= 11 is 0. The van der Waals surface area contributed by atoms with E-state index in [9.17, 15) is 4.79 Å². The van der Waals surface area contributed by atoms with Crippen molar-refractivity contribution >= 4 is 5.91 Å². The van der Waals surface area contributed by atoms with Crippen molar-refractivity contribution in [3.8, 4) is 0 Å². The Kier molecular flexibility index (Phi) is 5.26. The number of nitrogens with zero attached hydrogens (tertiary/aromatic N) is 1. The molecule has 0 spiro atoms. The molecule has 0 aliphatic carbocycles. The Morgan fingerprint density at radius 3 is 2.50 bits per heavy atom. The average Bonchev–Trinajstić information content (AvgIpc) is 2.49.